The standard InChI is InChI=1S/C16H30O4/c1-4-13(2)12-20-16(19)14(3)15(18)10-8-6-5-7-9-11-17/h13,15,17-18H,3-12H2,1-2H3. The van der Waals surface area contributed by atoms with Crippen molar-refractivity contribution in [2.24, 2.45) is 5.92 Å². The van der Waals surface area contributed by atoms with E-state index in [1.165, 1.54) is 0 Å². The van der Waals surface area contributed by atoms with E-state index in [0.717, 1.165) is 38.5 Å². The fourth-order valence-electron chi connectivity index (χ4n) is 1.72. The average Bonchev–Trinajstić information content (AvgIpc) is 2.46. The number of ether oxygens (including phenoxy) is 1. The topological polar surface area (TPSA) is 66.8 Å². The molecule has 118 valence electrons. The van der Waals surface area contributed by atoms with Crippen LogP contribution in [0, 0.1) is 5.92 Å². The maximum Gasteiger partial charge on any atom is 0.336 e. The molecular weight excluding hydrogens is 256 g/mol. The number of hydrogen-bond donors (Lipinski definition) is 2. The summed E-state index contributed by atoms with van der Waals surface area (Å²) in [5.74, 6) is -0.159. The van der Waals surface area contributed by atoms with Crippen LogP contribution in [0.1, 0.15) is 58.8 Å². The summed E-state index contributed by atoms with van der Waals surface area (Å²) >= 11 is 0. The van der Waals surface area contributed by atoms with E-state index in [2.05, 4.69) is 6.58 Å². The summed E-state index contributed by atoms with van der Waals surface area (Å²) < 4.78 is 5.11. The van der Waals surface area contributed by atoms with E-state index in [9.17, 15) is 9.90 Å². The third-order valence-corrected chi connectivity index (χ3v) is 3.50. The van der Waals surface area contributed by atoms with Crippen LogP contribution in [0.25, 0.3) is 0 Å². The van der Waals surface area contributed by atoms with Crippen LogP contribution in [0.15, 0.2) is 12.2 Å². The predicted molar refractivity (Wildman–Crippen MR) is 80.3 cm³/mol. The van der Waals surface area contributed by atoms with Gasteiger partial charge in [0.1, 0.15) is 0 Å². The minimum absolute atomic E-state index is 0.156. The van der Waals surface area contributed by atoms with Crippen molar-refractivity contribution < 1.29 is 19.7 Å². The van der Waals surface area contributed by atoms with Gasteiger partial charge in [-0.05, 0) is 18.8 Å². The minimum atomic E-state index is -0.808. The van der Waals surface area contributed by atoms with Crippen molar-refractivity contribution in [3.05, 3.63) is 12.2 Å². The van der Waals surface area contributed by atoms with E-state index < -0.39 is 12.1 Å². The van der Waals surface area contributed by atoms with E-state index in [4.69, 9.17) is 9.84 Å². The van der Waals surface area contributed by atoms with Crippen molar-refractivity contribution in [2.45, 2.75) is 64.9 Å². The van der Waals surface area contributed by atoms with Gasteiger partial charge in [-0.3, -0.25) is 0 Å². The van der Waals surface area contributed by atoms with Crippen molar-refractivity contribution in [1.82, 2.24) is 0 Å². The minimum Gasteiger partial charge on any atom is -0.462 e. The Balaban J connectivity index is 3.76. The van der Waals surface area contributed by atoms with Gasteiger partial charge < -0.3 is 14.9 Å². The molecule has 0 aliphatic rings. The zero-order valence-electron chi connectivity index (χ0n) is 12.9. The molecule has 0 radical (unpaired) electrons. The smallest absolute Gasteiger partial charge is 0.336 e. The second-order valence-corrected chi connectivity index (χ2v) is 5.43. The van der Waals surface area contributed by atoms with Crippen molar-refractivity contribution in [3.63, 3.8) is 0 Å². The van der Waals surface area contributed by atoms with E-state index in [1.54, 1.807) is 0 Å². The van der Waals surface area contributed by atoms with Gasteiger partial charge in [-0.15, -0.1) is 0 Å². The van der Waals surface area contributed by atoms with E-state index in [1.807, 2.05) is 13.8 Å². The number of rotatable bonds is 12. The Morgan fingerprint density at radius 3 is 2.40 bits per heavy atom. The number of carbonyl (C=O) groups excluding carboxylic acids is 1. The van der Waals surface area contributed by atoms with Crippen LogP contribution in [0.3, 0.4) is 0 Å². The molecule has 2 atom stereocenters. The van der Waals surface area contributed by atoms with Crippen molar-refractivity contribution in [3.8, 4) is 0 Å². The number of unbranched alkanes of at least 4 members (excludes halogenated alkanes) is 4. The van der Waals surface area contributed by atoms with Gasteiger partial charge in [0.2, 0.25) is 0 Å². The maximum absolute atomic E-state index is 11.7. The Kier molecular flexibility index (Phi) is 11.4. The molecule has 4 heteroatoms. The second kappa shape index (κ2) is 11.9. The molecular formula is C16H30O4. The van der Waals surface area contributed by atoms with E-state index in [-0.39, 0.29) is 12.2 Å². The lowest BCUT2D eigenvalue weighted by Gasteiger charge is -2.14. The Morgan fingerprint density at radius 2 is 1.80 bits per heavy atom. The van der Waals surface area contributed by atoms with Gasteiger partial charge in [-0.2, -0.15) is 0 Å². The molecule has 2 unspecified atom stereocenters. The molecule has 0 aromatic rings. The molecule has 0 saturated heterocycles. The summed E-state index contributed by atoms with van der Waals surface area (Å²) in [7, 11) is 0. The first-order chi connectivity index (χ1) is 9.52. The maximum atomic E-state index is 11.7. The summed E-state index contributed by atoms with van der Waals surface area (Å²) in [5, 5.41) is 18.5. The van der Waals surface area contributed by atoms with E-state index in [0.29, 0.717) is 18.9 Å². The normalized spacial score (nSPS) is 13.8. The van der Waals surface area contributed by atoms with Gasteiger partial charge in [0.15, 0.2) is 0 Å². The van der Waals surface area contributed by atoms with Crippen LogP contribution in [0.5, 0.6) is 0 Å². The quantitative estimate of drug-likeness (QED) is 0.329. The van der Waals surface area contributed by atoms with Gasteiger partial charge in [-0.1, -0.05) is 52.5 Å². The first-order valence-corrected chi connectivity index (χ1v) is 7.67. The van der Waals surface area contributed by atoms with Crippen molar-refractivity contribution >= 4 is 5.97 Å². The number of hydrogen-bond acceptors (Lipinski definition) is 4. The summed E-state index contributed by atoms with van der Waals surface area (Å²) in [6.07, 6.45) is 5.40. The monoisotopic (exact) mass is 286 g/mol. The first-order valence-electron chi connectivity index (χ1n) is 7.67. The number of esters is 1. The van der Waals surface area contributed by atoms with Gasteiger partial charge in [0, 0.05) is 6.61 Å². The highest BCUT2D eigenvalue weighted by atomic mass is 16.5. The van der Waals surface area contributed by atoms with Crippen LogP contribution in [-0.2, 0) is 9.53 Å². The van der Waals surface area contributed by atoms with Crippen molar-refractivity contribution in [1.29, 1.82) is 0 Å². The summed E-state index contributed by atoms with van der Waals surface area (Å²) in [6.45, 7) is 8.30. The third-order valence-electron chi connectivity index (χ3n) is 3.50. The van der Waals surface area contributed by atoms with Crippen LogP contribution < -0.4 is 0 Å². The highest BCUT2D eigenvalue weighted by Gasteiger charge is 2.18. The molecule has 0 heterocycles. The molecule has 0 spiro atoms. The first kappa shape index (κ1) is 19.1. The Labute approximate surface area is 122 Å². The zero-order valence-corrected chi connectivity index (χ0v) is 12.9. The largest absolute Gasteiger partial charge is 0.462 e. The Morgan fingerprint density at radius 1 is 1.20 bits per heavy atom. The molecule has 0 aliphatic carbocycles. The highest BCUT2D eigenvalue weighted by Crippen LogP contribution is 2.13. The fraction of sp³-hybridized carbons (Fsp3) is 0.812. The van der Waals surface area contributed by atoms with Crippen LogP contribution in [0.2, 0.25) is 0 Å². The van der Waals surface area contributed by atoms with Gasteiger partial charge in [-0.25, -0.2) is 4.79 Å². The van der Waals surface area contributed by atoms with Crippen LogP contribution in [0.4, 0.5) is 0 Å². The number of carbonyl (C=O) groups is 1. The molecule has 0 aromatic heterocycles. The molecule has 0 aromatic carbocycles. The third kappa shape index (κ3) is 9.10. The number of aliphatic hydroxyl groups excluding tert-OH is 2. The molecule has 0 aliphatic heterocycles. The zero-order chi connectivity index (χ0) is 15.4. The van der Waals surface area contributed by atoms with Gasteiger partial charge >= 0.3 is 5.97 Å². The molecule has 0 bridgehead atoms. The summed E-state index contributed by atoms with van der Waals surface area (Å²) in [5.41, 5.74) is 0.156. The summed E-state index contributed by atoms with van der Waals surface area (Å²) in [6, 6.07) is 0. The van der Waals surface area contributed by atoms with Crippen molar-refractivity contribution in [2.75, 3.05) is 13.2 Å². The van der Waals surface area contributed by atoms with Crippen LogP contribution >= 0.6 is 0 Å². The van der Waals surface area contributed by atoms with Gasteiger partial charge in [0.25, 0.3) is 0 Å². The van der Waals surface area contributed by atoms with E-state index >= 15 is 0 Å². The molecule has 0 rings (SSSR count). The van der Waals surface area contributed by atoms with Gasteiger partial charge in [0.05, 0.1) is 18.3 Å². The molecule has 0 fully saturated rings. The fourth-order valence-corrected chi connectivity index (χ4v) is 1.72. The van der Waals surface area contributed by atoms with Crippen LogP contribution in [-0.4, -0.2) is 35.5 Å². The average molecular weight is 286 g/mol. The molecule has 0 amide bonds. The summed E-state index contributed by atoms with van der Waals surface area (Å²) in [4.78, 5) is 11.7. The molecule has 4 nitrogen and oxygen atoms in total. The predicted octanol–water partition coefficient (Wildman–Crippen LogP) is 2.83. The number of aliphatic hydroxyl groups is 2. The highest BCUT2D eigenvalue weighted by molar-refractivity contribution is 5.88. The Bertz CT molecular complexity index is 276. The lowest BCUT2D eigenvalue weighted by Crippen LogP contribution is -2.21. The SMILES string of the molecule is C=C(C(=O)OCC(C)CC)C(O)CCCCCCCO. The lowest BCUT2D eigenvalue weighted by molar-refractivity contribution is -0.141. The molecule has 0 saturated carbocycles. The Hall–Kier alpha value is -0.870. The second-order valence-electron chi connectivity index (χ2n) is 5.43. The lowest BCUT2D eigenvalue weighted by atomic mass is 10.0. The molecule has 2 N–H and O–H groups in total. The molecule has 20 heavy (non-hydrogen) atoms.